The van der Waals surface area contributed by atoms with Crippen LogP contribution < -0.4 is 10.1 Å². The lowest BCUT2D eigenvalue weighted by atomic mass is 10.0. The van der Waals surface area contributed by atoms with Gasteiger partial charge in [0.1, 0.15) is 5.75 Å². The minimum absolute atomic E-state index is 0.0422. The molecule has 0 atom stereocenters. The van der Waals surface area contributed by atoms with Crippen molar-refractivity contribution in [1.29, 1.82) is 0 Å². The van der Waals surface area contributed by atoms with E-state index in [-0.39, 0.29) is 18.4 Å². The second-order valence-corrected chi connectivity index (χ2v) is 6.75. The maximum atomic E-state index is 12.7. The van der Waals surface area contributed by atoms with E-state index in [1.165, 1.54) is 6.92 Å². The van der Waals surface area contributed by atoms with Crippen LogP contribution in [0.1, 0.15) is 37.5 Å². The number of para-hydroxylation sites is 1. The van der Waals surface area contributed by atoms with E-state index in [0.29, 0.717) is 13.0 Å². The van der Waals surface area contributed by atoms with Gasteiger partial charge in [-0.15, -0.1) is 0 Å². The number of carbonyl (C=O) groups is 2. The highest BCUT2D eigenvalue weighted by atomic mass is 16.5. The summed E-state index contributed by atoms with van der Waals surface area (Å²) in [5.41, 5.74) is 4.17. The first kappa shape index (κ1) is 21.5. The molecule has 150 valence electrons. The second kappa shape index (κ2) is 10.5. The summed E-state index contributed by atoms with van der Waals surface area (Å²) in [5.74, 6) is 0.502. The lowest BCUT2D eigenvalue weighted by molar-refractivity contribution is -0.132. The van der Waals surface area contributed by atoms with Crippen molar-refractivity contribution in [2.45, 2.75) is 40.0 Å². The number of nitrogens with one attached hydrogen (secondary N) is 1. The summed E-state index contributed by atoms with van der Waals surface area (Å²) >= 11 is 0. The van der Waals surface area contributed by atoms with Crippen LogP contribution >= 0.6 is 0 Å². The van der Waals surface area contributed by atoms with Gasteiger partial charge in [0.05, 0.1) is 13.7 Å². The maximum absolute atomic E-state index is 12.7. The molecule has 0 fully saturated rings. The van der Waals surface area contributed by atoms with Gasteiger partial charge in [0, 0.05) is 19.2 Å². The largest absolute Gasteiger partial charge is 0.497 e. The molecular formula is C23H30N2O3. The fourth-order valence-corrected chi connectivity index (χ4v) is 3.20. The summed E-state index contributed by atoms with van der Waals surface area (Å²) in [4.78, 5) is 26.3. The average molecular weight is 383 g/mol. The third kappa shape index (κ3) is 5.84. The number of methoxy groups -OCH3 is 1. The van der Waals surface area contributed by atoms with Gasteiger partial charge >= 0.3 is 0 Å². The van der Waals surface area contributed by atoms with Crippen LogP contribution in [0.15, 0.2) is 42.5 Å². The minimum atomic E-state index is -0.170. The van der Waals surface area contributed by atoms with Gasteiger partial charge in [0.2, 0.25) is 11.8 Å². The molecule has 1 N–H and O–H groups in total. The summed E-state index contributed by atoms with van der Waals surface area (Å²) < 4.78 is 5.24. The molecule has 2 rings (SSSR count). The van der Waals surface area contributed by atoms with Crippen molar-refractivity contribution >= 4 is 17.5 Å². The topological polar surface area (TPSA) is 58.6 Å². The van der Waals surface area contributed by atoms with Gasteiger partial charge < -0.3 is 15.0 Å². The number of benzene rings is 2. The van der Waals surface area contributed by atoms with Gasteiger partial charge in [-0.1, -0.05) is 44.2 Å². The maximum Gasteiger partial charge on any atom is 0.244 e. The molecule has 0 saturated heterocycles. The number of rotatable bonds is 9. The van der Waals surface area contributed by atoms with Gasteiger partial charge in [0.25, 0.3) is 0 Å². The summed E-state index contributed by atoms with van der Waals surface area (Å²) in [6, 6.07) is 13.8. The van der Waals surface area contributed by atoms with E-state index in [2.05, 4.69) is 19.2 Å². The van der Waals surface area contributed by atoms with E-state index in [1.807, 2.05) is 42.5 Å². The van der Waals surface area contributed by atoms with E-state index in [4.69, 9.17) is 4.74 Å². The molecule has 0 aliphatic heterocycles. The average Bonchev–Trinajstić information content (AvgIpc) is 2.71. The quantitative estimate of drug-likeness (QED) is 0.717. The minimum Gasteiger partial charge on any atom is -0.497 e. The molecule has 0 spiro atoms. The van der Waals surface area contributed by atoms with Crippen molar-refractivity contribution in [2.75, 3.05) is 25.5 Å². The second-order valence-electron chi connectivity index (χ2n) is 6.75. The summed E-state index contributed by atoms with van der Waals surface area (Å²) in [6.45, 7) is 6.16. The molecule has 28 heavy (non-hydrogen) atoms. The van der Waals surface area contributed by atoms with Crippen LogP contribution in [0.25, 0.3) is 0 Å². The van der Waals surface area contributed by atoms with Gasteiger partial charge in [-0.2, -0.15) is 0 Å². The van der Waals surface area contributed by atoms with Crippen LogP contribution in [0, 0.1) is 0 Å². The highest BCUT2D eigenvalue weighted by Gasteiger charge is 2.16. The molecule has 5 nitrogen and oxygen atoms in total. The summed E-state index contributed by atoms with van der Waals surface area (Å²) in [7, 11) is 1.63. The summed E-state index contributed by atoms with van der Waals surface area (Å²) in [5, 5.41) is 3.03. The number of nitrogens with zero attached hydrogens (tertiary/aromatic N) is 1. The van der Waals surface area contributed by atoms with Gasteiger partial charge in [0.15, 0.2) is 0 Å². The lowest BCUT2D eigenvalue weighted by Crippen LogP contribution is -2.38. The molecule has 2 aromatic rings. The molecule has 0 aliphatic rings. The molecule has 0 saturated carbocycles. The van der Waals surface area contributed by atoms with Crippen molar-refractivity contribution in [1.82, 2.24) is 4.90 Å². The van der Waals surface area contributed by atoms with Crippen LogP contribution in [0.4, 0.5) is 5.69 Å². The molecule has 0 aromatic heterocycles. The van der Waals surface area contributed by atoms with Gasteiger partial charge in [-0.3, -0.25) is 9.59 Å². The van der Waals surface area contributed by atoms with Crippen LogP contribution in [0.2, 0.25) is 0 Å². The Morgan fingerprint density at radius 1 is 1.04 bits per heavy atom. The van der Waals surface area contributed by atoms with Crippen molar-refractivity contribution in [3.63, 3.8) is 0 Å². The Bertz CT molecular complexity index is 795. The highest BCUT2D eigenvalue weighted by Crippen LogP contribution is 2.22. The molecule has 0 heterocycles. The Morgan fingerprint density at radius 3 is 2.25 bits per heavy atom. The van der Waals surface area contributed by atoms with E-state index >= 15 is 0 Å². The van der Waals surface area contributed by atoms with Crippen LogP contribution in [0.3, 0.4) is 0 Å². The SMILES string of the molecule is CCc1cccc(CC)c1NC(=O)CN(CCc1cccc(OC)c1)C(C)=O. The van der Waals surface area contributed by atoms with E-state index in [0.717, 1.165) is 41.0 Å². The highest BCUT2D eigenvalue weighted by molar-refractivity contribution is 5.95. The fraction of sp³-hybridized carbons (Fsp3) is 0.391. The van der Waals surface area contributed by atoms with Gasteiger partial charge in [-0.25, -0.2) is 0 Å². The number of hydrogen-bond donors (Lipinski definition) is 1. The van der Waals surface area contributed by atoms with E-state index in [1.54, 1.807) is 12.0 Å². The lowest BCUT2D eigenvalue weighted by Gasteiger charge is -2.22. The number of amides is 2. The Hall–Kier alpha value is -2.82. The fourth-order valence-electron chi connectivity index (χ4n) is 3.20. The zero-order valence-corrected chi connectivity index (χ0v) is 17.2. The molecule has 0 radical (unpaired) electrons. The van der Waals surface area contributed by atoms with E-state index < -0.39 is 0 Å². The van der Waals surface area contributed by atoms with Crippen LogP contribution in [0.5, 0.6) is 5.75 Å². The summed E-state index contributed by atoms with van der Waals surface area (Å²) in [6.07, 6.45) is 2.35. The smallest absolute Gasteiger partial charge is 0.244 e. The first-order valence-corrected chi connectivity index (χ1v) is 9.77. The predicted octanol–water partition coefficient (Wildman–Crippen LogP) is 3.85. The number of anilines is 1. The normalized spacial score (nSPS) is 10.4. The predicted molar refractivity (Wildman–Crippen MR) is 113 cm³/mol. The first-order chi connectivity index (χ1) is 13.5. The number of carbonyl (C=O) groups excluding carboxylic acids is 2. The molecule has 0 aliphatic carbocycles. The van der Waals surface area contributed by atoms with E-state index in [9.17, 15) is 9.59 Å². The zero-order valence-electron chi connectivity index (χ0n) is 17.2. The van der Waals surface area contributed by atoms with Crippen molar-refractivity contribution in [2.24, 2.45) is 0 Å². The number of ether oxygens (including phenoxy) is 1. The van der Waals surface area contributed by atoms with Crippen LogP contribution in [-0.2, 0) is 28.9 Å². The molecule has 0 bridgehead atoms. The Balaban J connectivity index is 2.04. The first-order valence-electron chi connectivity index (χ1n) is 9.77. The molecule has 0 unspecified atom stereocenters. The third-order valence-electron chi connectivity index (χ3n) is 4.85. The third-order valence-corrected chi connectivity index (χ3v) is 4.85. The Kier molecular flexibility index (Phi) is 8.05. The molecular weight excluding hydrogens is 352 g/mol. The van der Waals surface area contributed by atoms with Crippen molar-refractivity contribution < 1.29 is 14.3 Å². The molecule has 2 aromatic carbocycles. The van der Waals surface area contributed by atoms with Crippen LogP contribution in [-0.4, -0.2) is 36.9 Å². The number of aryl methyl sites for hydroxylation is 2. The Morgan fingerprint density at radius 2 is 1.68 bits per heavy atom. The Labute approximate surface area is 167 Å². The zero-order chi connectivity index (χ0) is 20.5. The standard InChI is InChI=1S/C23H30N2O3/c1-5-19-10-8-11-20(6-2)23(19)24-22(27)16-25(17(3)26)14-13-18-9-7-12-21(15-18)28-4/h7-12,15H,5-6,13-14,16H2,1-4H3,(H,24,27). The molecule has 5 heteroatoms. The van der Waals surface area contributed by atoms with Crippen molar-refractivity contribution in [3.05, 3.63) is 59.2 Å². The monoisotopic (exact) mass is 382 g/mol. The number of hydrogen-bond acceptors (Lipinski definition) is 3. The molecule has 2 amide bonds. The van der Waals surface area contributed by atoms with Gasteiger partial charge in [-0.05, 0) is 48.1 Å². The van der Waals surface area contributed by atoms with Crippen molar-refractivity contribution in [3.8, 4) is 5.75 Å².